The number of carbonyl (C=O) groups excluding carboxylic acids is 1. The summed E-state index contributed by atoms with van der Waals surface area (Å²) >= 11 is 0. The summed E-state index contributed by atoms with van der Waals surface area (Å²) in [5.41, 5.74) is 4.14. The molecule has 0 spiro atoms. The first kappa shape index (κ1) is 22.6. The minimum atomic E-state index is -3.21. The van der Waals surface area contributed by atoms with Crippen molar-refractivity contribution in [3.05, 3.63) is 64.7 Å². The first-order valence-electron chi connectivity index (χ1n) is 10.7. The number of sulfone groups is 1. The van der Waals surface area contributed by atoms with Gasteiger partial charge >= 0.3 is 0 Å². The highest BCUT2D eigenvalue weighted by Crippen LogP contribution is 2.35. The smallest absolute Gasteiger partial charge is 0.251 e. The van der Waals surface area contributed by atoms with Crippen LogP contribution in [0.15, 0.2) is 47.4 Å². The van der Waals surface area contributed by atoms with Gasteiger partial charge in [-0.1, -0.05) is 45.8 Å². The van der Waals surface area contributed by atoms with Crippen LogP contribution in [0.2, 0.25) is 6.82 Å². The van der Waals surface area contributed by atoms with Crippen LogP contribution in [0.3, 0.4) is 0 Å². The summed E-state index contributed by atoms with van der Waals surface area (Å²) in [6.45, 7) is 9.71. The lowest BCUT2D eigenvalue weighted by Gasteiger charge is -2.39. The normalized spacial score (nSPS) is 16.9. The maximum atomic E-state index is 12.7. The van der Waals surface area contributed by atoms with Crippen LogP contribution in [-0.2, 0) is 22.8 Å². The number of fused-ring (bicyclic) bond motifs is 1. The molecule has 0 saturated heterocycles. The Bertz CT molecular complexity index is 1000. The highest BCUT2D eigenvalue weighted by molar-refractivity contribution is 7.91. The summed E-state index contributed by atoms with van der Waals surface area (Å²) in [5, 5.41) is 2.95. The van der Waals surface area contributed by atoms with Crippen LogP contribution in [0.1, 0.15) is 53.9 Å². The average molecular weight is 426 g/mol. The molecule has 5 nitrogen and oxygen atoms in total. The molecule has 1 N–H and O–H groups in total. The molecule has 1 aliphatic rings. The van der Waals surface area contributed by atoms with E-state index >= 15 is 0 Å². The fourth-order valence-corrected chi connectivity index (χ4v) is 5.14. The monoisotopic (exact) mass is 426 g/mol. The van der Waals surface area contributed by atoms with Gasteiger partial charge in [0, 0.05) is 18.2 Å². The van der Waals surface area contributed by atoms with Crippen LogP contribution >= 0.6 is 0 Å². The van der Waals surface area contributed by atoms with E-state index in [1.54, 1.807) is 31.2 Å². The number of hydrogen-bond acceptors (Lipinski definition) is 4. The maximum Gasteiger partial charge on any atom is 0.251 e. The van der Waals surface area contributed by atoms with Crippen LogP contribution < -0.4 is 5.32 Å². The number of nitrogens with one attached hydrogen (secondary N) is 1. The Kier molecular flexibility index (Phi) is 7.04. The molecule has 2 aromatic carbocycles. The Morgan fingerprint density at radius 2 is 1.90 bits per heavy atom. The van der Waals surface area contributed by atoms with Crippen LogP contribution in [0.4, 0.5) is 0 Å². The molecule has 1 amide bonds. The van der Waals surface area contributed by atoms with Crippen molar-refractivity contribution < 1.29 is 13.2 Å². The first-order valence-corrected chi connectivity index (χ1v) is 12.4. The lowest BCUT2D eigenvalue weighted by atomic mass is 9.79. The summed E-state index contributed by atoms with van der Waals surface area (Å²) in [6.07, 6.45) is 0.959. The second-order valence-corrected chi connectivity index (χ2v) is 10.5. The minimum absolute atomic E-state index is 0.0785. The van der Waals surface area contributed by atoms with Crippen molar-refractivity contribution in [3.8, 4) is 0 Å². The Morgan fingerprint density at radius 3 is 2.50 bits per heavy atom. The van der Waals surface area contributed by atoms with Crippen molar-refractivity contribution in [1.29, 1.82) is 0 Å². The number of hydrogen-bond donors (Lipinski definition) is 1. The summed E-state index contributed by atoms with van der Waals surface area (Å²) in [5.74, 6) is 0.486. The van der Waals surface area contributed by atoms with Gasteiger partial charge in [0.15, 0.2) is 9.84 Å². The van der Waals surface area contributed by atoms with Crippen molar-refractivity contribution in [3.63, 3.8) is 0 Å². The van der Waals surface area contributed by atoms with Gasteiger partial charge in [-0.2, -0.15) is 0 Å². The molecule has 0 aromatic heterocycles. The van der Waals surface area contributed by atoms with E-state index in [-0.39, 0.29) is 11.7 Å². The van der Waals surface area contributed by atoms with E-state index in [9.17, 15) is 13.2 Å². The molecule has 1 atom stereocenters. The van der Waals surface area contributed by atoms with E-state index < -0.39 is 9.84 Å². The number of nitrogens with zero attached hydrogens (tertiary/aromatic N) is 1. The minimum Gasteiger partial charge on any atom is -0.348 e. The third-order valence-electron chi connectivity index (χ3n) is 5.94. The molecule has 7 heteroatoms. The SMILES string of the molecule is CBN1CCc2cc(C(=O)NCc3ccc(S(=O)(=O)CC)cc3)ccc2C1C(C)C. The molecule has 2 aromatic rings. The lowest BCUT2D eigenvalue weighted by Crippen LogP contribution is -2.39. The third kappa shape index (κ3) is 4.78. The molecule has 0 fully saturated rings. The first-order chi connectivity index (χ1) is 14.3. The van der Waals surface area contributed by atoms with Gasteiger partial charge in [-0.05, 0) is 59.8 Å². The summed E-state index contributed by atoms with van der Waals surface area (Å²) in [7, 11) is -2.17. The van der Waals surface area contributed by atoms with E-state index in [1.807, 2.05) is 12.1 Å². The van der Waals surface area contributed by atoms with Crippen LogP contribution in [-0.4, -0.2) is 38.8 Å². The zero-order chi connectivity index (χ0) is 21.9. The van der Waals surface area contributed by atoms with Gasteiger partial charge < -0.3 is 10.1 Å². The Morgan fingerprint density at radius 1 is 1.20 bits per heavy atom. The molecule has 0 saturated carbocycles. The number of carbonyl (C=O) groups is 1. The highest BCUT2D eigenvalue weighted by Gasteiger charge is 2.29. The average Bonchev–Trinajstić information content (AvgIpc) is 2.76. The van der Waals surface area contributed by atoms with Gasteiger partial charge in [0.05, 0.1) is 10.6 Å². The maximum absolute atomic E-state index is 12.7. The predicted octanol–water partition coefficient (Wildman–Crippen LogP) is 3.37. The zero-order valence-electron chi connectivity index (χ0n) is 18.3. The second kappa shape index (κ2) is 9.35. The van der Waals surface area contributed by atoms with Crippen LogP contribution in [0, 0.1) is 5.92 Å². The quantitative estimate of drug-likeness (QED) is 0.690. The Balaban J connectivity index is 1.70. The van der Waals surface area contributed by atoms with Crippen LogP contribution in [0.25, 0.3) is 0 Å². The molecule has 1 unspecified atom stereocenters. The van der Waals surface area contributed by atoms with Crippen LogP contribution in [0.5, 0.6) is 0 Å². The van der Waals surface area contributed by atoms with Gasteiger partial charge in [0.2, 0.25) is 7.41 Å². The molecular formula is C23H31BN2O3S. The standard InChI is InChI=1S/C23H31BN2O3S/c1-5-30(28,29)20-9-6-17(7-10-20)15-25-23(27)19-8-11-21-18(14-19)12-13-26(24-4)22(21)16(2)3/h6-11,14,16,22,24H,5,12-13,15H2,1-4H3,(H,25,27). The van der Waals surface area contributed by atoms with Gasteiger partial charge in [0.1, 0.15) is 0 Å². The fourth-order valence-electron chi connectivity index (χ4n) is 4.25. The van der Waals surface area contributed by atoms with Crippen molar-refractivity contribution in [2.75, 3.05) is 12.3 Å². The zero-order valence-corrected chi connectivity index (χ0v) is 19.1. The molecule has 160 valence electrons. The highest BCUT2D eigenvalue weighted by atomic mass is 32.2. The summed E-state index contributed by atoms with van der Waals surface area (Å²) in [6, 6.07) is 13.2. The fraction of sp³-hybridized carbons (Fsp3) is 0.435. The number of rotatable bonds is 7. The van der Waals surface area contributed by atoms with Crippen molar-refractivity contribution in [1.82, 2.24) is 10.1 Å². The van der Waals surface area contributed by atoms with Gasteiger partial charge in [-0.25, -0.2) is 8.42 Å². The molecule has 3 rings (SSSR count). The van der Waals surface area contributed by atoms with Crippen molar-refractivity contribution in [2.24, 2.45) is 5.92 Å². The topological polar surface area (TPSA) is 66.5 Å². The van der Waals surface area contributed by atoms with Gasteiger partial charge in [-0.3, -0.25) is 4.79 Å². The van der Waals surface area contributed by atoms with Crippen molar-refractivity contribution in [2.45, 2.75) is 51.5 Å². The Hall–Kier alpha value is -2.12. The molecule has 0 bridgehead atoms. The third-order valence-corrected chi connectivity index (χ3v) is 7.69. The van der Waals surface area contributed by atoms with E-state index in [0.29, 0.717) is 29.0 Å². The molecule has 1 heterocycles. The molecule has 0 radical (unpaired) electrons. The van der Waals surface area contributed by atoms with E-state index in [2.05, 4.69) is 36.9 Å². The number of benzene rings is 2. The molecule has 0 aliphatic carbocycles. The summed E-state index contributed by atoms with van der Waals surface area (Å²) in [4.78, 5) is 15.5. The van der Waals surface area contributed by atoms with Gasteiger partial charge in [-0.15, -0.1) is 0 Å². The summed E-state index contributed by atoms with van der Waals surface area (Å²) < 4.78 is 23.8. The van der Waals surface area contributed by atoms with E-state index in [4.69, 9.17) is 0 Å². The van der Waals surface area contributed by atoms with E-state index in [0.717, 1.165) is 25.9 Å². The second-order valence-electron chi connectivity index (χ2n) is 8.21. The Labute approximate surface area is 181 Å². The predicted molar refractivity (Wildman–Crippen MR) is 123 cm³/mol. The van der Waals surface area contributed by atoms with Crippen molar-refractivity contribution >= 4 is 23.2 Å². The van der Waals surface area contributed by atoms with Gasteiger partial charge in [0.25, 0.3) is 5.91 Å². The molecular weight excluding hydrogens is 395 g/mol. The molecule has 1 aliphatic heterocycles. The largest absolute Gasteiger partial charge is 0.348 e. The molecule has 30 heavy (non-hydrogen) atoms. The van der Waals surface area contributed by atoms with E-state index in [1.165, 1.54) is 11.1 Å². The lowest BCUT2D eigenvalue weighted by molar-refractivity contribution is 0.0950. The number of amides is 1.